The van der Waals surface area contributed by atoms with E-state index in [0.29, 0.717) is 29.2 Å². The highest BCUT2D eigenvalue weighted by atomic mass is 16.5. The molecule has 0 amide bonds. The van der Waals surface area contributed by atoms with Crippen molar-refractivity contribution in [1.29, 1.82) is 0 Å². The second-order valence-corrected chi connectivity index (χ2v) is 6.25. The van der Waals surface area contributed by atoms with Crippen LogP contribution < -0.4 is 20.1 Å². The average Bonchev–Trinajstić information content (AvgIpc) is 2.65. The number of hydrogen-bond donors (Lipinski definition) is 1. The van der Waals surface area contributed by atoms with Gasteiger partial charge in [0.1, 0.15) is 5.82 Å². The van der Waals surface area contributed by atoms with E-state index in [9.17, 15) is 0 Å². The molecule has 2 N–H and O–H groups in total. The molecule has 1 aliphatic heterocycles. The number of anilines is 2. The van der Waals surface area contributed by atoms with Crippen molar-refractivity contribution in [3.63, 3.8) is 0 Å². The molecule has 7 nitrogen and oxygen atoms in total. The Hall–Kier alpha value is -2.28. The van der Waals surface area contributed by atoms with Gasteiger partial charge in [0.2, 0.25) is 5.95 Å². The standard InChI is InChI=1S/C18H26N4O3/c1-4-25-11-12-6-5-7-22(10-12)18-20-14-9-16(24-3)15(23-2)8-13(14)17(19)21-18/h8-9,12H,4-7,10-11H2,1-3H3,(H2,19,20,21). The van der Waals surface area contributed by atoms with E-state index in [-0.39, 0.29) is 0 Å². The molecule has 0 aliphatic carbocycles. The van der Waals surface area contributed by atoms with Crippen LogP contribution in [-0.4, -0.2) is 50.5 Å². The normalized spacial score (nSPS) is 17.7. The molecule has 1 atom stereocenters. The van der Waals surface area contributed by atoms with E-state index in [1.54, 1.807) is 14.2 Å². The number of nitrogens with two attached hydrogens (primary N) is 1. The fraction of sp³-hybridized carbons (Fsp3) is 0.556. The Morgan fingerprint density at radius 1 is 1.20 bits per heavy atom. The number of methoxy groups -OCH3 is 2. The molecular formula is C18H26N4O3. The number of fused-ring (bicyclic) bond motifs is 1. The van der Waals surface area contributed by atoms with Gasteiger partial charge in [-0.05, 0) is 31.7 Å². The first kappa shape index (κ1) is 17.5. The van der Waals surface area contributed by atoms with Crippen LogP contribution in [0.15, 0.2) is 12.1 Å². The molecule has 2 aromatic rings. The van der Waals surface area contributed by atoms with Crippen LogP contribution in [0.4, 0.5) is 11.8 Å². The maximum Gasteiger partial charge on any atom is 0.227 e. The number of benzene rings is 1. The van der Waals surface area contributed by atoms with Gasteiger partial charge in [-0.3, -0.25) is 0 Å². The molecule has 0 radical (unpaired) electrons. The zero-order valence-electron chi connectivity index (χ0n) is 15.1. The summed E-state index contributed by atoms with van der Waals surface area (Å²) in [5.41, 5.74) is 6.95. The Morgan fingerprint density at radius 3 is 2.68 bits per heavy atom. The summed E-state index contributed by atoms with van der Waals surface area (Å²) >= 11 is 0. The molecule has 0 spiro atoms. The van der Waals surface area contributed by atoms with E-state index in [2.05, 4.69) is 9.88 Å². The largest absolute Gasteiger partial charge is 0.493 e. The van der Waals surface area contributed by atoms with Crippen LogP contribution in [0.2, 0.25) is 0 Å². The number of rotatable bonds is 6. The molecule has 0 saturated carbocycles. The first-order valence-corrected chi connectivity index (χ1v) is 8.68. The Morgan fingerprint density at radius 2 is 1.96 bits per heavy atom. The second kappa shape index (κ2) is 7.74. The molecule has 1 aliphatic rings. The van der Waals surface area contributed by atoms with Gasteiger partial charge in [0.25, 0.3) is 0 Å². The topological polar surface area (TPSA) is 82.7 Å². The predicted molar refractivity (Wildman–Crippen MR) is 98.5 cm³/mol. The summed E-state index contributed by atoms with van der Waals surface area (Å²) in [6.07, 6.45) is 2.27. The molecule has 136 valence electrons. The van der Waals surface area contributed by atoms with Crippen LogP contribution in [0.3, 0.4) is 0 Å². The van der Waals surface area contributed by atoms with Crippen molar-refractivity contribution in [1.82, 2.24) is 9.97 Å². The van der Waals surface area contributed by atoms with Gasteiger partial charge in [0.15, 0.2) is 11.5 Å². The third-order valence-electron chi connectivity index (χ3n) is 4.58. The van der Waals surface area contributed by atoms with Crippen LogP contribution in [0.1, 0.15) is 19.8 Å². The number of nitrogens with zero attached hydrogens (tertiary/aromatic N) is 3. The Labute approximate surface area is 148 Å². The summed E-state index contributed by atoms with van der Waals surface area (Å²) in [7, 11) is 3.21. The van der Waals surface area contributed by atoms with Crippen molar-refractivity contribution in [3.05, 3.63) is 12.1 Å². The summed E-state index contributed by atoms with van der Waals surface area (Å²) < 4.78 is 16.3. The van der Waals surface area contributed by atoms with Crippen LogP contribution in [-0.2, 0) is 4.74 Å². The van der Waals surface area contributed by atoms with Crippen molar-refractivity contribution < 1.29 is 14.2 Å². The van der Waals surface area contributed by atoms with Gasteiger partial charge >= 0.3 is 0 Å². The quantitative estimate of drug-likeness (QED) is 0.860. The molecule has 1 fully saturated rings. The summed E-state index contributed by atoms with van der Waals surface area (Å²) in [5, 5.41) is 0.768. The van der Waals surface area contributed by atoms with Gasteiger partial charge in [0.05, 0.1) is 26.3 Å². The molecular weight excluding hydrogens is 320 g/mol. The SMILES string of the molecule is CCOCC1CCCN(c2nc(N)c3cc(OC)c(OC)cc3n2)C1. The number of nitrogen functional groups attached to an aromatic ring is 1. The van der Waals surface area contributed by atoms with Gasteiger partial charge in [0, 0.05) is 31.1 Å². The van der Waals surface area contributed by atoms with E-state index in [4.69, 9.17) is 24.9 Å². The van der Waals surface area contributed by atoms with Gasteiger partial charge in [-0.25, -0.2) is 4.98 Å². The highest BCUT2D eigenvalue weighted by Crippen LogP contribution is 2.34. The fourth-order valence-corrected chi connectivity index (χ4v) is 3.28. The van der Waals surface area contributed by atoms with Gasteiger partial charge in [-0.15, -0.1) is 0 Å². The monoisotopic (exact) mass is 346 g/mol. The minimum absolute atomic E-state index is 0.452. The number of piperidine rings is 1. The molecule has 2 heterocycles. The molecule has 1 saturated heterocycles. The maximum atomic E-state index is 6.19. The smallest absolute Gasteiger partial charge is 0.227 e. The lowest BCUT2D eigenvalue weighted by Crippen LogP contribution is -2.38. The van der Waals surface area contributed by atoms with E-state index in [1.807, 2.05) is 19.1 Å². The van der Waals surface area contributed by atoms with Crippen molar-refractivity contribution >= 4 is 22.7 Å². The van der Waals surface area contributed by atoms with Crippen LogP contribution >= 0.6 is 0 Å². The van der Waals surface area contributed by atoms with Gasteiger partial charge < -0.3 is 24.8 Å². The molecule has 25 heavy (non-hydrogen) atoms. The fourth-order valence-electron chi connectivity index (χ4n) is 3.28. The lowest BCUT2D eigenvalue weighted by Gasteiger charge is -2.32. The minimum atomic E-state index is 0.452. The Bertz CT molecular complexity index is 738. The third kappa shape index (κ3) is 3.71. The van der Waals surface area contributed by atoms with Crippen LogP contribution in [0.25, 0.3) is 10.9 Å². The summed E-state index contributed by atoms with van der Waals surface area (Å²) in [4.78, 5) is 11.4. The molecule has 7 heteroatoms. The average molecular weight is 346 g/mol. The summed E-state index contributed by atoms with van der Waals surface area (Å²) in [5.74, 6) is 2.87. The minimum Gasteiger partial charge on any atom is -0.493 e. The van der Waals surface area contributed by atoms with Crippen LogP contribution in [0.5, 0.6) is 11.5 Å². The first-order valence-electron chi connectivity index (χ1n) is 8.68. The van der Waals surface area contributed by atoms with Crippen molar-refractivity contribution in [3.8, 4) is 11.5 Å². The van der Waals surface area contributed by atoms with Gasteiger partial charge in [-0.2, -0.15) is 4.98 Å². The number of ether oxygens (including phenoxy) is 3. The van der Waals surface area contributed by atoms with Crippen LogP contribution in [0, 0.1) is 5.92 Å². The Balaban J connectivity index is 1.91. The molecule has 3 rings (SSSR count). The zero-order valence-corrected chi connectivity index (χ0v) is 15.1. The summed E-state index contributed by atoms with van der Waals surface area (Å²) in [6.45, 7) is 5.37. The predicted octanol–water partition coefficient (Wildman–Crippen LogP) is 2.48. The molecule has 1 unspecified atom stereocenters. The number of hydrogen-bond acceptors (Lipinski definition) is 7. The Kier molecular flexibility index (Phi) is 5.43. The van der Waals surface area contributed by atoms with E-state index >= 15 is 0 Å². The maximum absolute atomic E-state index is 6.19. The molecule has 1 aromatic carbocycles. The first-order chi connectivity index (χ1) is 12.2. The van der Waals surface area contributed by atoms with E-state index in [0.717, 1.165) is 43.6 Å². The van der Waals surface area contributed by atoms with E-state index in [1.165, 1.54) is 6.42 Å². The number of aromatic nitrogens is 2. The van der Waals surface area contributed by atoms with Crippen molar-refractivity contribution in [2.24, 2.45) is 5.92 Å². The second-order valence-electron chi connectivity index (χ2n) is 6.25. The zero-order chi connectivity index (χ0) is 17.8. The molecule has 0 bridgehead atoms. The lowest BCUT2D eigenvalue weighted by molar-refractivity contribution is 0.104. The van der Waals surface area contributed by atoms with Crippen molar-refractivity contribution in [2.75, 3.05) is 51.2 Å². The third-order valence-corrected chi connectivity index (χ3v) is 4.58. The van der Waals surface area contributed by atoms with Gasteiger partial charge in [-0.1, -0.05) is 0 Å². The van der Waals surface area contributed by atoms with E-state index < -0.39 is 0 Å². The molecule has 1 aromatic heterocycles. The van der Waals surface area contributed by atoms with Crippen molar-refractivity contribution in [2.45, 2.75) is 19.8 Å². The highest BCUT2D eigenvalue weighted by molar-refractivity contribution is 5.91. The highest BCUT2D eigenvalue weighted by Gasteiger charge is 2.23. The lowest BCUT2D eigenvalue weighted by atomic mass is 9.99. The summed E-state index contributed by atoms with van der Waals surface area (Å²) in [6, 6.07) is 3.67.